The molecule has 0 unspecified atom stereocenters. The average molecular weight is 243 g/mol. The first-order valence-electron chi connectivity index (χ1n) is 4.73. The molecule has 0 amide bonds. The fourth-order valence-corrected chi connectivity index (χ4v) is 1.79. The highest BCUT2D eigenvalue weighted by molar-refractivity contribution is 7.86. The van der Waals surface area contributed by atoms with Gasteiger partial charge < -0.3 is 4.18 Å². The van der Waals surface area contributed by atoms with E-state index in [9.17, 15) is 13.2 Å². The van der Waals surface area contributed by atoms with Gasteiger partial charge in [0.1, 0.15) is 0 Å². The molecule has 0 spiro atoms. The summed E-state index contributed by atoms with van der Waals surface area (Å²) in [6.45, 7) is 3.22. The number of pyridine rings is 1. The van der Waals surface area contributed by atoms with E-state index in [2.05, 4.69) is 4.98 Å². The first-order chi connectivity index (χ1) is 7.35. The molecule has 0 fully saturated rings. The maximum Gasteiger partial charge on any atom is 0.307 e. The van der Waals surface area contributed by atoms with Crippen LogP contribution in [-0.2, 0) is 16.5 Å². The third-order valence-corrected chi connectivity index (χ3v) is 2.44. The topological polar surface area (TPSA) is 73.3 Å². The molecule has 1 heterocycles. The standard InChI is InChI=1S/C10H13NO4S/c1-4-8-9(7(2)12)5-6-11-10(8)15-16(3,13)14/h5-6H,4H2,1-3H3. The van der Waals surface area contributed by atoms with Gasteiger partial charge in [-0.2, -0.15) is 8.42 Å². The lowest BCUT2D eigenvalue weighted by Gasteiger charge is -2.09. The number of aromatic nitrogens is 1. The van der Waals surface area contributed by atoms with Gasteiger partial charge in [0.15, 0.2) is 5.78 Å². The van der Waals surface area contributed by atoms with Gasteiger partial charge >= 0.3 is 10.1 Å². The summed E-state index contributed by atoms with van der Waals surface area (Å²) in [6, 6.07) is 1.55. The Morgan fingerprint density at radius 3 is 2.56 bits per heavy atom. The van der Waals surface area contributed by atoms with Crippen LogP contribution in [0.4, 0.5) is 0 Å². The maximum absolute atomic E-state index is 11.3. The van der Waals surface area contributed by atoms with E-state index in [-0.39, 0.29) is 11.7 Å². The summed E-state index contributed by atoms with van der Waals surface area (Å²) in [5.74, 6) is -0.157. The number of rotatable bonds is 4. The van der Waals surface area contributed by atoms with Crippen LogP contribution in [0.15, 0.2) is 12.3 Å². The van der Waals surface area contributed by atoms with E-state index in [0.717, 1.165) is 6.26 Å². The van der Waals surface area contributed by atoms with Crippen molar-refractivity contribution in [3.05, 3.63) is 23.4 Å². The van der Waals surface area contributed by atoms with Crippen LogP contribution in [-0.4, -0.2) is 25.4 Å². The van der Waals surface area contributed by atoms with Gasteiger partial charge in [-0.05, 0) is 19.4 Å². The highest BCUT2D eigenvalue weighted by Crippen LogP contribution is 2.21. The Labute approximate surface area is 94.6 Å². The molecule has 0 aromatic carbocycles. The van der Waals surface area contributed by atoms with Gasteiger partial charge in [0.05, 0.1) is 6.26 Å². The second-order valence-corrected chi connectivity index (χ2v) is 4.91. The van der Waals surface area contributed by atoms with Crippen LogP contribution in [0.3, 0.4) is 0 Å². The Balaban J connectivity index is 3.30. The minimum Gasteiger partial charge on any atom is -0.361 e. The van der Waals surface area contributed by atoms with Crippen molar-refractivity contribution in [1.29, 1.82) is 0 Å². The molecular weight excluding hydrogens is 230 g/mol. The normalized spacial score (nSPS) is 11.2. The van der Waals surface area contributed by atoms with Crippen molar-refractivity contribution >= 4 is 15.9 Å². The molecule has 0 bridgehead atoms. The number of carbonyl (C=O) groups is 1. The second kappa shape index (κ2) is 4.61. The molecule has 5 nitrogen and oxygen atoms in total. The van der Waals surface area contributed by atoms with Crippen LogP contribution in [0.2, 0.25) is 0 Å². The van der Waals surface area contributed by atoms with E-state index >= 15 is 0 Å². The summed E-state index contributed by atoms with van der Waals surface area (Å²) in [6.07, 6.45) is 2.78. The van der Waals surface area contributed by atoms with Crippen molar-refractivity contribution in [3.63, 3.8) is 0 Å². The third-order valence-electron chi connectivity index (χ3n) is 1.98. The lowest BCUT2D eigenvalue weighted by molar-refractivity contribution is 0.101. The molecule has 1 aromatic heterocycles. The number of hydrogen-bond donors (Lipinski definition) is 0. The first-order valence-corrected chi connectivity index (χ1v) is 6.55. The number of Topliss-reactive ketones (excluding diaryl/α,β-unsaturated/α-hetero) is 1. The van der Waals surface area contributed by atoms with Gasteiger partial charge in [0.25, 0.3) is 0 Å². The molecule has 0 N–H and O–H groups in total. The Hall–Kier alpha value is -1.43. The van der Waals surface area contributed by atoms with Gasteiger partial charge in [-0.3, -0.25) is 4.79 Å². The predicted molar refractivity (Wildman–Crippen MR) is 59.1 cm³/mol. The summed E-state index contributed by atoms with van der Waals surface area (Å²) >= 11 is 0. The van der Waals surface area contributed by atoms with E-state index in [4.69, 9.17) is 4.18 Å². The van der Waals surface area contributed by atoms with Gasteiger partial charge in [-0.1, -0.05) is 6.92 Å². The van der Waals surface area contributed by atoms with Gasteiger partial charge in [-0.15, -0.1) is 0 Å². The fourth-order valence-electron chi connectivity index (χ4n) is 1.36. The van der Waals surface area contributed by atoms with Crippen LogP contribution < -0.4 is 4.18 Å². The Morgan fingerprint density at radius 1 is 1.50 bits per heavy atom. The second-order valence-electron chi connectivity index (χ2n) is 3.34. The van der Waals surface area contributed by atoms with Crippen molar-refractivity contribution in [2.45, 2.75) is 20.3 Å². The van der Waals surface area contributed by atoms with Gasteiger partial charge in [0.2, 0.25) is 5.88 Å². The van der Waals surface area contributed by atoms with Crippen molar-refractivity contribution in [2.24, 2.45) is 0 Å². The van der Waals surface area contributed by atoms with Crippen LogP contribution in [0.5, 0.6) is 5.88 Å². The maximum atomic E-state index is 11.3. The molecule has 1 aromatic rings. The zero-order chi connectivity index (χ0) is 12.3. The lowest BCUT2D eigenvalue weighted by Crippen LogP contribution is -2.11. The summed E-state index contributed by atoms with van der Waals surface area (Å²) in [4.78, 5) is 15.1. The van der Waals surface area contributed by atoms with E-state index in [1.807, 2.05) is 0 Å². The van der Waals surface area contributed by atoms with Crippen molar-refractivity contribution in [3.8, 4) is 5.88 Å². The molecule has 6 heteroatoms. The average Bonchev–Trinajstić information content (AvgIpc) is 2.14. The van der Waals surface area contributed by atoms with Crippen molar-refractivity contribution < 1.29 is 17.4 Å². The Morgan fingerprint density at radius 2 is 2.12 bits per heavy atom. The molecule has 16 heavy (non-hydrogen) atoms. The number of hydrogen-bond acceptors (Lipinski definition) is 5. The van der Waals surface area contributed by atoms with Crippen LogP contribution in [0, 0.1) is 0 Å². The van der Waals surface area contributed by atoms with Crippen LogP contribution in [0.1, 0.15) is 29.8 Å². The quantitative estimate of drug-likeness (QED) is 0.586. The van der Waals surface area contributed by atoms with Crippen molar-refractivity contribution in [1.82, 2.24) is 4.98 Å². The molecule has 0 saturated heterocycles. The molecule has 0 saturated carbocycles. The van der Waals surface area contributed by atoms with E-state index in [1.165, 1.54) is 13.1 Å². The molecule has 0 aliphatic carbocycles. The zero-order valence-corrected chi connectivity index (χ0v) is 10.2. The van der Waals surface area contributed by atoms with Gasteiger partial charge in [-0.25, -0.2) is 4.98 Å². The molecular formula is C10H13NO4S. The highest BCUT2D eigenvalue weighted by atomic mass is 32.2. The number of nitrogens with zero attached hydrogens (tertiary/aromatic N) is 1. The number of ketones is 1. The third kappa shape index (κ3) is 3.03. The van der Waals surface area contributed by atoms with E-state index in [0.29, 0.717) is 17.5 Å². The van der Waals surface area contributed by atoms with Crippen LogP contribution >= 0.6 is 0 Å². The minimum absolute atomic E-state index is 0.0160. The van der Waals surface area contributed by atoms with E-state index < -0.39 is 10.1 Å². The smallest absolute Gasteiger partial charge is 0.307 e. The Bertz CT molecular complexity index is 508. The predicted octanol–water partition coefficient (Wildman–Crippen LogP) is 1.19. The fraction of sp³-hybridized carbons (Fsp3) is 0.400. The monoisotopic (exact) mass is 243 g/mol. The zero-order valence-electron chi connectivity index (χ0n) is 9.35. The molecule has 0 aliphatic heterocycles. The van der Waals surface area contributed by atoms with Gasteiger partial charge in [0, 0.05) is 17.3 Å². The highest BCUT2D eigenvalue weighted by Gasteiger charge is 2.15. The summed E-state index contributed by atoms with van der Waals surface area (Å²) in [5, 5.41) is 0. The molecule has 0 radical (unpaired) electrons. The van der Waals surface area contributed by atoms with Crippen molar-refractivity contribution in [2.75, 3.05) is 6.26 Å². The minimum atomic E-state index is -3.63. The molecule has 0 atom stereocenters. The largest absolute Gasteiger partial charge is 0.361 e. The summed E-state index contributed by atoms with van der Waals surface area (Å²) in [7, 11) is -3.63. The Kier molecular flexibility index (Phi) is 3.64. The SMILES string of the molecule is CCc1c(C(C)=O)ccnc1OS(C)(=O)=O. The molecule has 0 aliphatic rings. The summed E-state index contributed by atoms with van der Waals surface area (Å²) in [5.41, 5.74) is 0.955. The molecule has 1 rings (SSSR count). The summed E-state index contributed by atoms with van der Waals surface area (Å²) < 4.78 is 26.7. The van der Waals surface area contributed by atoms with Crippen LogP contribution in [0.25, 0.3) is 0 Å². The van der Waals surface area contributed by atoms with E-state index in [1.54, 1.807) is 13.0 Å². The lowest BCUT2D eigenvalue weighted by atomic mass is 10.0. The first kappa shape index (κ1) is 12.6. The number of carbonyl (C=O) groups excluding carboxylic acids is 1. The molecule has 88 valence electrons.